The van der Waals surface area contributed by atoms with Crippen molar-refractivity contribution in [2.24, 2.45) is 0 Å². The molecule has 0 radical (unpaired) electrons. The Morgan fingerprint density at radius 2 is 1.66 bits per heavy atom. The van der Waals surface area contributed by atoms with Gasteiger partial charge in [0.2, 0.25) is 0 Å². The van der Waals surface area contributed by atoms with Crippen LogP contribution in [0, 0.1) is 6.92 Å². The van der Waals surface area contributed by atoms with Gasteiger partial charge in [-0.25, -0.2) is 4.79 Å². The predicted molar refractivity (Wildman–Crippen MR) is 132 cm³/mol. The zero-order valence-electron chi connectivity index (χ0n) is 19.2. The van der Waals surface area contributed by atoms with Crippen molar-refractivity contribution in [3.8, 4) is 0 Å². The van der Waals surface area contributed by atoms with Crippen molar-refractivity contribution in [2.75, 3.05) is 5.32 Å². The topological polar surface area (TPSA) is 43.3 Å². The van der Waals surface area contributed by atoms with Gasteiger partial charge in [0.25, 0.3) is 0 Å². The molecule has 0 aliphatic rings. The molecular weight excluding hydrogens is 396 g/mol. The van der Waals surface area contributed by atoms with E-state index < -0.39 is 5.60 Å². The van der Waals surface area contributed by atoms with Crippen molar-refractivity contribution in [1.82, 2.24) is 4.57 Å². The minimum absolute atomic E-state index is 0.366. The third kappa shape index (κ3) is 5.20. The van der Waals surface area contributed by atoms with Gasteiger partial charge in [0.1, 0.15) is 5.60 Å². The lowest BCUT2D eigenvalue weighted by Gasteiger charge is -2.19. The Hall–Kier alpha value is -3.53. The molecule has 1 N–H and O–H groups in total. The van der Waals surface area contributed by atoms with Crippen LogP contribution in [0.25, 0.3) is 10.9 Å². The van der Waals surface area contributed by atoms with Gasteiger partial charge in [-0.15, -0.1) is 0 Å². The summed E-state index contributed by atoms with van der Waals surface area (Å²) in [5.74, 6) is 0. The number of carbonyl (C=O) groups excluding carboxylic acids is 1. The Labute approximate surface area is 189 Å². The molecule has 1 aromatic heterocycles. The molecule has 0 saturated heterocycles. The zero-order chi connectivity index (χ0) is 22.7. The SMILES string of the molecule is Cc1ccc(CCc2ccccc2)cc1Nc1ccc2c(ccn2C(=O)OC(C)(C)C)c1. The lowest BCUT2D eigenvalue weighted by Crippen LogP contribution is -2.26. The molecule has 0 spiro atoms. The lowest BCUT2D eigenvalue weighted by atomic mass is 10.0. The molecule has 0 saturated carbocycles. The molecule has 0 unspecified atom stereocenters. The average Bonchev–Trinajstić information content (AvgIpc) is 3.17. The number of anilines is 2. The van der Waals surface area contributed by atoms with Crippen molar-refractivity contribution < 1.29 is 9.53 Å². The first-order chi connectivity index (χ1) is 15.3. The van der Waals surface area contributed by atoms with E-state index in [1.54, 1.807) is 10.8 Å². The molecule has 3 aromatic carbocycles. The monoisotopic (exact) mass is 426 g/mol. The summed E-state index contributed by atoms with van der Waals surface area (Å²) in [5, 5.41) is 4.54. The number of hydrogen-bond donors (Lipinski definition) is 1. The van der Waals surface area contributed by atoms with Gasteiger partial charge in [-0.1, -0.05) is 42.5 Å². The van der Waals surface area contributed by atoms with Gasteiger partial charge >= 0.3 is 6.09 Å². The van der Waals surface area contributed by atoms with Crippen LogP contribution in [-0.2, 0) is 17.6 Å². The van der Waals surface area contributed by atoms with Crippen molar-refractivity contribution in [3.05, 3.63) is 95.7 Å². The van der Waals surface area contributed by atoms with Crippen molar-refractivity contribution in [2.45, 2.75) is 46.1 Å². The van der Waals surface area contributed by atoms with Crippen LogP contribution in [0.4, 0.5) is 16.2 Å². The smallest absolute Gasteiger partial charge is 0.418 e. The highest BCUT2D eigenvalue weighted by Gasteiger charge is 2.19. The van der Waals surface area contributed by atoms with Gasteiger partial charge in [-0.3, -0.25) is 4.57 Å². The maximum absolute atomic E-state index is 12.5. The van der Waals surface area contributed by atoms with E-state index in [2.05, 4.69) is 66.8 Å². The van der Waals surface area contributed by atoms with Crippen LogP contribution in [0.15, 0.2) is 79.0 Å². The Morgan fingerprint density at radius 3 is 2.41 bits per heavy atom. The van der Waals surface area contributed by atoms with Crippen molar-refractivity contribution in [3.63, 3.8) is 0 Å². The van der Waals surface area contributed by atoms with E-state index in [0.717, 1.165) is 35.1 Å². The minimum atomic E-state index is -0.530. The van der Waals surface area contributed by atoms with Crippen LogP contribution in [0.2, 0.25) is 0 Å². The third-order valence-electron chi connectivity index (χ3n) is 5.41. The fraction of sp³-hybridized carbons (Fsp3) is 0.250. The fourth-order valence-corrected chi connectivity index (χ4v) is 3.74. The number of benzene rings is 3. The first kappa shape index (κ1) is 21.7. The molecule has 32 heavy (non-hydrogen) atoms. The summed E-state index contributed by atoms with van der Waals surface area (Å²) < 4.78 is 7.06. The molecule has 4 aromatic rings. The molecule has 0 fully saturated rings. The second-order valence-corrected chi connectivity index (χ2v) is 9.20. The molecule has 0 bridgehead atoms. The van der Waals surface area contributed by atoms with Crippen LogP contribution < -0.4 is 5.32 Å². The van der Waals surface area contributed by atoms with E-state index in [0.29, 0.717) is 0 Å². The second-order valence-electron chi connectivity index (χ2n) is 9.20. The van der Waals surface area contributed by atoms with Crippen molar-refractivity contribution >= 4 is 28.4 Å². The van der Waals surface area contributed by atoms with E-state index in [1.807, 2.05) is 39.0 Å². The van der Waals surface area contributed by atoms with Crippen LogP contribution in [-0.4, -0.2) is 16.3 Å². The van der Waals surface area contributed by atoms with Gasteiger partial charge in [-0.2, -0.15) is 0 Å². The summed E-state index contributed by atoms with van der Waals surface area (Å²) in [6.07, 6.45) is 3.41. The Balaban J connectivity index is 1.51. The molecule has 0 amide bonds. The highest BCUT2D eigenvalue weighted by Crippen LogP contribution is 2.27. The number of hydrogen-bond acceptors (Lipinski definition) is 3. The van der Waals surface area contributed by atoms with Crippen LogP contribution >= 0.6 is 0 Å². The molecule has 4 rings (SSSR count). The van der Waals surface area contributed by atoms with Gasteiger partial charge in [0, 0.05) is 23.0 Å². The first-order valence-corrected chi connectivity index (χ1v) is 11.0. The van der Waals surface area contributed by atoms with Crippen molar-refractivity contribution in [1.29, 1.82) is 0 Å². The normalized spacial score (nSPS) is 11.5. The van der Waals surface area contributed by atoms with E-state index in [9.17, 15) is 4.79 Å². The predicted octanol–water partition coefficient (Wildman–Crippen LogP) is 7.26. The van der Waals surface area contributed by atoms with E-state index in [1.165, 1.54) is 16.7 Å². The highest BCUT2D eigenvalue weighted by atomic mass is 16.6. The third-order valence-corrected chi connectivity index (χ3v) is 5.41. The van der Waals surface area contributed by atoms with E-state index in [4.69, 9.17) is 4.74 Å². The largest absolute Gasteiger partial charge is 0.443 e. The van der Waals surface area contributed by atoms with Gasteiger partial charge in [-0.05, 0) is 87.6 Å². The minimum Gasteiger partial charge on any atom is -0.443 e. The lowest BCUT2D eigenvalue weighted by molar-refractivity contribution is 0.0544. The molecule has 0 atom stereocenters. The van der Waals surface area contributed by atoms with Crippen LogP contribution in [0.5, 0.6) is 0 Å². The summed E-state index contributed by atoms with van der Waals surface area (Å²) in [6, 6.07) is 25.1. The maximum atomic E-state index is 12.5. The molecular formula is C28H30N2O2. The summed E-state index contributed by atoms with van der Waals surface area (Å²) in [7, 11) is 0. The van der Waals surface area contributed by atoms with E-state index in [-0.39, 0.29) is 6.09 Å². The van der Waals surface area contributed by atoms with Gasteiger partial charge in [0.15, 0.2) is 0 Å². The molecule has 0 aliphatic carbocycles. The summed E-state index contributed by atoms with van der Waals surface area (Å²) >= 11 is 0. The Bertz CT molecular complexity index is 1230. The fourth-order valence-electron chi connectivity index (χ4n) is 3.74. The summed E-state index contributed by atoms with van der Waals surface area (Å²) in [4.78, 5) is 12.5. The number of aromatic nitrogens is 1. The van der Waals surface area contributed by atoms with Gasteiger partial charge in [0.05, 0.1) is 5.52 Å². The number of nitrogens with zero attached hydrogens (tertiary/aromatic N) is 1. The quantitative estimate of drug-likeness (QED) is 0.365. The maximum Gasteiger partial charge on any atom is 0.418 e. The number of fused-ring (bicyclic) bond motifs is 1. The number of nitrogens with one attached hydrogen (secondary N) is 1. The Morgan fingerprint density at radius 1 is 0.906 bits per heavy atom. The molecule has 164 valence electrons. The zero-order valence-corrected chi connectivity index (χ0v) is 19.2. The van der Waals surface area contributed by atoms with Crippen LogP contribution in [0.1, 0.15) is 37.5 Å². The summed E-state index contributed by atoms with van der Waals surface area (Å²) in [5.41, 5.74) is 6.24. The molecule has 0 aliphatic heterocycles. The average molecular weight is 427 g/mol. The number of rotatable bonds is 5. The van der Waals surface area contributed by atoms with Gasteiger partial charge < -0.3 is 10.1 Å². The Kier molecular flexibility index (Phi) is 6.04. The first-order valence-electron chi connectivity index (χ1n) is 11.0. The van der Waals surface area contributed by atoms with Crippen LogP contribution in [0.3, 0.4) is 0 Å². The molecule has 4 nitrogen and oxygen atoms in total. The second kappa shape index (κ2) is 8.91. The number of ether oxygens (including phenoxy) is 1. The number of aryl methyl sites for hydroxylation is 3. The summed E-state index contributed by atoms with van der Waals surface area (Å²) in [6.45, 7) is 7.72. The number of carbonyl (C=O) groups is 1. The molecule has 1 heterocycles. The molecule has 4 heteroatoms. The van der Waals surface area contributed by atoms with E-state index >= 15 is 0 Å². The standard InChI is InChI=1S/C28H30N2O2/c1-20-10-11-22(13-12-21-8-6-5-7-9-21)18-25(20)29-24-14-15-26-23(19-24)16-17-30(26)27(31)32-28(2,3)4/h5-11,14-19,29H,12-13H2,1-4H3. The highest BCUT2D eigenvalue weighted by molar-refractivity contribution is 5.92.